The topological polar surface area (TPSA) is 45.5 Å². The van der Waals surface area contributed by atoms with Gasteiger partial charge in [-0.25, -0.2) is 0 Å². The Morgan fingerprint density at radius 1 is 0.870 bits per heavy atom. The first-order valence-electron chi connectivity index (χ1n) is 7.87. The van der Waals surface area contributed by atoms with Gasteiger partial charge in [-0.2, -0.15) is 0 Å². The molecule has 0 aliphatic carbocycles. The highest BCUT2D eigenvalue weighted by Crippen LogP contribution is 2.33. The standard InChI is InChI=1S/C19H24N2O2/c1-5-22-16-7-9-18(14(3)11-16)21(13-20)19-10-8-17(23-6-2)12-15(19)4/h7-13,20H,5-6H2,1-4H3. The van der Waals surface area contributed by atoms with Crippen LogP contribution in [0.2, 0.25) is 0 Å². The van der Waals surface area contributed by atoms with Crippen LogP contribution >= 0.6 is 0 Å². The summed E-state index contributed by atoms with van der Waals surface area (Å²) in [6.07, 6.45) is 1.34. The molecule has 0 fully saturated rings. The molecule has 2 rings (SSSR count). The molecule has 2 aromatic rings. The van der Waals surface area contributed by atoms with Crippen molar-refractivity contribution in [2.45, 2.75) is 27.7 Å². The minimum Gasteiger partial charge on any atom is -0.494 e. The molecule has 0 saturated carbocycles. The van der Waals surface area contributed by atoms with E-state index >= 15 is 0 Å². The van der Waals surface area contributed by atoms with E-state index in [9.17, 15) is 0 Å². The molecule has 122 valence electrons. The molecule has 4 nitrogen and oxygen atoms in total. The summed E-state index contributed by atoms with van der Waals surface area (Å²) in [4.78, 5) is 1.87. The van der Waals surface area contributed by atoms with Crippen LogP contribution in [0.15, 0.2) is 36.4 Å². The molecule has 1 N–H and O–H groups in total. The first kappa shape index (κ1) is 16.9. The van der Waals surface area contributed by atoms with Crippen LogP contribution in [0.4, 0.5) is 11.4 Å². The van der Waals surface area contributed by atoms with Crippen LogP contribution in [-0.4, -0.2) is 19.6 Å². The molecule has 0 amide bonds. The molecule has 2 aromatic carbocycles. The van der Waals surface area contributed by atoms with Gasteiger partial charge in [-0.1, -0.05) is 0 Å². The zero-order chi connectivity index (χ0) is 16.8. The Kier molecular flexibility index (Phi) is 5.63. The summed E-state index contributed by atoms with van der Waals surface area (Å²) in [7, 11) is 0. The first-order valence-corrected chi connectivity index (χ1v) is 7.87. The lowest BCUT2D eigenvalue weighted by Crippen LogP contribution is -2.16. The number of hydrogen-bond donors (Lipinski definition) is 1. The predicted octanol–water partition coefficient (Wildman–Crippen LogP) is 4.85. The molecule has 0 aliphatic heterocycles. The Labute approximate surface area is 138 Å². The second kappa shape index (κ2) is 7.68. The highest BCUT2D eigenvalue weighted by molar-refractivity contribution is 5.90. The second-order valence-electron chi connectivity index (χ2n) is 5.26. The Morgan fingerprint density at radius 2 is 1.30 bits per heavy atom. The van der Waals surface area contributed by atoms with Gasteiger partial charge in [-0.05, 0) is 75.2 Å². The Bertz CT molecular complexity index is 628. The summed E-state index contributed by atoms with van der Waals surface area (Å²) in [5.41, 5.74) is 4.06. The fraction of sp³-hybridized carbons (Fsp3) is 0.316. The summed E-state index contributed by atoms with van der Waals surface area (Å²) in [5, 5.41) is 7.84. The van der Waals surface area contributed by atoms with Gasteiger partial charge in [0.05, 0.1) is 30.9 Å². The van der Waals surface area contributed by atoms with Crippen LogP contribution in [0.5, 0.6) is 11.5 Å². The van der Waals surface area contributed by atoms with E-state index in [0.29, 0.717) is 13.2 Å². The van der Waals surface area contributed by atoms with Crippen molar-refractivity contribution < 1.29 is 9.47 Å². The lowest BCUT2D eigenvalue weighted by Gasteiger charge is -2.24. The maximum atomic E-state index is 7.84. The van der Waals surface area contributed by atoms with Crippen molar-refractivity contribution >= 4 is 17.7 Å². The highest BCUT2D eigenvalue weighted by atomic mass is 16.5. The molecule has 0 unspecified atom stereocenters. The van der Waals surface area contributed by atoms with Crippen molar-refractivity contribution in [2.24, 2.45) is 0 Å². The van der Waals surface area contributed by atoms with Crippen molar-refractivity contribution in [2.75, 3.05) is 18.1 Å². The quantitative estimate of drug-likeness (QED) is 0.587. The van der Waals surface area contributed by atoms with E-state index in [4.69, 9.17) is 14.9 Å². The van der Waals surface area contributed by atoms with Crippen LogP contribution in [0.25, 0.3) is 0 Å². The summed E-state index contributed by atoms with van der Waals surface area (Å²) in [6.45, 7) is 9.28. The number of aryl methyl sites for hydroxylation is 2. The summed E-state index contributed by atoms with van der Waals surface area (Å²) in [6, 6.07) is 11.8. The fourth-order valence-electron chi connectivity index (χ4n) is 2.58. The van der Waals surface area contributed by atoms with Crippen LogP contribution in [0, 0.1) is 19.3 Å². The molecule has 0 saturated heterocycles. The second-order valence-corrected chi connectivity index (χ2v) is 5.26. The van der Waals surface area contributed by atoms with E-state index in [2.05, 4.69) is 0 Å². The molecule has 4 heteroatoms. The number of anilines is 2. The van der Waals surface area contributed by atoms with Gasteiger partial charge in [0.15, 0.2) is 0 Å². The zero-order valence-electron chi connectivity index (χ0n) is 14.2. The summed E-state index contributed by atoms with van der Waals surface area (Å²) in [5.74, 6) is 1.70. The van der Waals surface area contributed by atoms with Gasteiger partial charge >= 0.3 is 0 Å². The van der Waals surface area contributed by atoms with Crippen molar-refractivity contribution in [1.82, 2.24) is 0 Å². The molecule has 0 aliphatic rings. The summed E-state index contributed by atoms with van der Waals surface area (Å²) < 4.78 is 11.1. The van der Waals surface area contributed by atoms with Gasteiger partial charge in [0.1, 0.15) is 11.5 Å². The fourth-order valence-corrected chi connectivity index (χ4v) is 2.58. The molecule has 0 bridgehead atoms. The molecule has 0 aromatic heterocycles. The van der Waals surface area contributed by atoms with E-state index in [-0.39, 0.29) is 0 Å². The van der Waals surface area contributed by atoms with Crippen LogP contribution in [0.1, 0.15) is 25.0 Å². The summed E-state index contributed by atoms with van der Waals surface area (Å²) >= 11 is 0. The van der Waals surface area contributed by atoms with Gasteiger partial charge in [-0.15, -0.1) is 0 Å². The van der Waals surface area contributed by atoms with Crippen molar-refractivity contribution in [1.29, 1.82) is 5.41 Å². The monoisotopic (exact) mass is 312 g/mol. The van der Waals surface area contributed by atoms with Crippen LogP contribution in [-0.2, 0) is 0 Å². The minimum absolute atomic E-state index is 0.644. The van der Waals surface area contributed by atoms with E-state index in [0.717, 1.165) is 34.0 Å². The lowest BCUT2D eigenvalue weighted by atomic mass is 10.1. The Morgan fingerprint density at radius 3 is 1.61 bits per heavy atom. The molecule has 0 spiro atoms. The third kappa shape index (κ3) is 3.83. The van der Waals surface area contributed by atoms with Gasteiger partial charge < -0.3 is 14.4 Å². The minimum atomic E-state index is 0.644. The first-order chi connectivity index (χ1) is 11.1. The van der Waals surface area contributed by atoms with Gasteiger partial charge in [0.25, 0.3) is 0 Å². The Balaban J connectivity index is 2.38. The molecule has 23 heavy (non-hydrogen) atoms. The smallest absolute Gasteiger partial charge is 0.119 e. The van der Waals surface area contributed by atoms with Crippen LogP contribution < -0.4 is 14.4 Å². The van der Waals surface area contributed by atoms with Gasteiger partial charge in [-0.3, -0.25) is 5.41 Å². The normalized spacial score (nSPS) is 10.3. The average molecular weight is 312 g/mol. The number of rotatable bonds is 7. The van der Waals surface area contributed by atoms with Crippen molar-refractivity contribution in [3.8, 4) is 11.5 Å². The molecular formula is C19H24N2O2. The van der Waals surface area contributed by atoms with E-state index < -0.39 is 0 Å². The van der Waals surface area contributed by atoms with E-state index in [1.54, 1.807) is 0 Å². The third-order valence-corrected chi connectivity index (χ3v) is 3.61. The largest absolute Gasteiger partial charge is 0.494 e. The number of hydrogen-bond acceptors (Lipinski definition) is 3. The highest BCUT2D eigenvalue weighted by Gasteiger charge is 2.13. The maximum Gasteiger partial charge on any atom is 0.119 e. The van der Waals surface area contributed by atoms with Crippen molar-refractivity contribution in [3.63, 3.8) is 0 Å². The Hall–Kier alpha value is -2.49. The maximum absolute atomic E-state index is 7.84. The van der Waals surface area contributed by atoms with Crippen molar-refractivity contribution in [3.05, 3.63) is 47.5 Å². The number of ether oxygens (including phenoxy) is 2. The lowest BCUT2D eigenvalue weighted by molar-refractivity contribution is 0.340. The predicted molar refractivity (Wildman–Crippen MR) is 95.6 cm³/mol. The van der Waals surface area contributed by atoms with Gasteiger partial charge in [0.2, 0.25) is 0 Å². The molecule has 0 heterocycles. The third-order valence-electron chi connectivity index (χ3n) is 3.61. The van der Waals surface area contributed by atoms with Crippen LogP contribution in [0.3, 0.4) is 0 Å². The zero-order valence-corrected chi connectivity index (χ0v) is 14.2. The number of benzene rings is 2. The molecule has 0 radical (unpaired) electrons. The number of nitrogens with zero attached hydrogens (tertiary/aromatic N) is 1. The van der Waals surface area contributed by atoms with E-state index in [1.165, 1.54) is 6.34 Å². The average Bonchev–Trinajstić information content (AvgIpc) is 2.52. The molecule has 0 atom stereocenters. The SMILES string of the molecule is CCOc1ccc(N(C=N)c2ccc(OCC)cc2C)c(C)c1. The molecular weight excluding hydrogens is 288 g/mol. The van der Waals surface area contributed by atoms with Gasteiger partial charge in [0, 0.05) is 0 Å². The number of nitrogens with one attached hydrogen (secondary N) is 1. The van der Waals surface area contributed by atoms with E-state index in [1.807, 2.05) is 69.0 Å².